The van der Waals surface area contributed by atoms with Crippen molar-refractivity contribution in [3.05, 3.63) is 0 Å². The van der Waals surface area contributed by atoms with E-state index in [2.05, 4.69) is 22.6 Å². The van der Waals surface area contributed by atoms with E-state index < -0.39 is 0 Å². The molecule has 2 saturated carbocycles. The van der Waals surface area contributed by atoms with Gasteiger partial charge in [-0.05, 0) is 38.0 Å². The number of carbonyl (C=O) groups is 2. The van der Waals surface area contributed by atoms with Crippen molar-refractivity contribution in [2.75, 3.05) is 6.61 Å². The van der Waals surface area contributed by atoms with Crippen LogP contribution in [0.5, 0.6) is 0 Å². The fourth-order valence-electron chi connectivity index (χ4n) is 4.13. The number of esters is 2. The summed E-state index contributed by atoms with van der Waals surface area (Å²) in [4.78, 5) is 24.0. The zero-order chi connectivity index (χ0) is 13.6. The molecule has 3 fully saturated rings. The van der Waals surface area contributed by atoms with E-state index in [0.717, 1.165) is 32.1 Å². The van der Waals surface area contributed by atoms with Gasteiger partial charge in [0, 0.05) is 5.92 Å². The molecule has 2 aliphatic carbocycles. The van der Waals surface area contributed by atoms with E-state index in [1.807, 2.05) is 6.92 Å². The lowest BCUT2D eigenvalue weighted by Crippen LogP contribution is -2.42. The summed E-state index contributed by atoms with van der Waals surface area (Å²) in [6.07, 6.45) is 4.41. The molecule has 0 radical (unpaired) electrons. The molecule has 106 valence electrons. The molecule has 1 saturated heterocycles. The average molecular weight is 378 g/mol. The number of ether oxygens (including phenoxy) is 2. The second-order valence-electron chi connectivity index (χ2n) is 6.04. The number of halogens is 1. The zero-order valence-corrected chi connectivity index (χ0v) is 13.2. The lowest BCUT2D eigenvalue weighted by atomic mass is 9.71. The minimum absolute atomic E-state index is 0.0535. The van der Waals surface area contributed by atoms with Crippen LogP contribution >= 0.6 is 22.6 Å². The molecule has 1 heterocycles. The maximum Gasteiger partial charge on any atom is 0.319 e. The molecule has 5 atom stereocenters. The van der Waals surface area contributed by atoms with Gasteiger partial charge in [0.2, 0.25) is 0 Å². The molecule has 3 aliphatic rings. The van der Waals surface area contributed by atoms with Gasteiger partial charge in [-0.2, -0.15) is 0 Å². The first-order chi connectivity index (χ1) is 9.06. The van der Waals surface area contributed by atoms with E-state index in [1.165, 1.54) is 0 Å². The van der Waals surface area contributed by atoms with Gasteiger partial charge in [-0.3, -0.25) is 9.59 Å². The third kappa shape index (κ3) is 2.08. The van der Waals surface area contributed by atoms with E-state index in [0.29, 0.717) is 12.5 Å². The topological polar surface area (TPSA) is 52.6 Å². The highest BCUT2D eigenvalue weighted by Gasteiger charge is 2.63. The van der Waals surface area contributed by atoms with Gasteiger partial charge in [-0.15, -0.1) is 0 Å². The van der Waals surface area contributed by atoms with E-state index in [-0.39, 0.29) is 33.3 Å². The number of alkyl halides is 1. The smallest absolute Gasteiger partial charge is 0.319 e. The number of fused-ring (bicyclic) bond motifs is 3. The van der Waals surface area contributed by atoms with Crippen LogP contribution in [0, 0.1) is 17.3 Å². The van der Waals surface area contributed by atoms with Crippen molar-refractivity contribution in [3.63, 3.8) is 0 Å². The van der Waals surface area contributed by atoms with Gasteiger partial charge in [0.15, 0.2) is 0 Å². The Kier molecular flexibility index (Phi) is 3.52. The van der Waals surface area contributed by atoms with E-state index in [9.17, 15) is 9.59 Å². The van der Waals surface area contributed by atoms with Gasteiger partial charge in [-0.25, -0.2) is 0 Å². The Morgan fingerprint density at radius 1 is 1.58 bits per heavy atom. The molecule has 0 aromatic heterocycles. The van der Waals surface area contributed by atoms with Crippen LogP contribution in [-0.4, -0.2) is 28.6 Å². The highest BCUT2D eigenvalue weighted by atomic mass is 127. The van der Waals surface area contributed by atoms with Gasteiger partial charge in [0.25, 0.3) is 0 Å². The Hall–Kier alpha value is -0.330. The molecule has 1 spiro atoms. The van der Waals surface area contributed by atoms with Crippen LogP contribution in [-0.2, 0) is 19.1 Å². The van der Waals surface area contributed by atoms with E-state index >= 15 is 0 Å². The third-order valence-electron chi connectivity index (χ3n) is 5.03. The van der Waals surface area contributed by atoms with Gasteiger partial charge < -0.3 is 9.47 Å². The largest absolute Gasteiger partial charge is 0.465 e. The molecule has 2 bridgehead atoms. The fraction of sp³-hybridized carbons (Fsp3) is 0.857. The summed E-state index contributed by atoms with van der Waals surface area (Å²) < 4.78 is 10.8. The quantitative estimate of drug-likeness (QED) is 0.430. The first-order valence-electron chi connectivity index (χ1n) is 7.08. The van der Waals surface area contributed by atoms with Crippen molar-refractivity contribution in [2.45, 2.75) is 49.1 Å². The Labute approximate surface area is 126 Å². The van der Waals surface area contributed by atoms with Gasteiger partial charge in [0.1, 0.15) is 10.0 Å². The maximum atomic E-state index is 12.0. The number of hydrogen-bond donors (Lipinski definition) is 0. The molecular formula is C14H19IO4. The van der Waals surface area contributed by atoms with Gasteiger partial charge >= 0.3 is 11.9 Å². The Morgan fingerprint density at radius 2 is 2.37 bits per heavy atom. The summed E-state index contributed by atoms with van der Waals surface area (Å²) in [5, 5.41) is 0. The summed E-state index contributed by atoms with van der Waals surface area (Å²) in [7, 11) is 0. The minimum atomic E-state index is -0.332. The van der Waals surface area contributed by atoms with Crippen LogP contribution in [0.25, 0.3) is 0 Å². The van der Waals surface area contributed by atoms with Gasteiger partial charge in [-0.1, -0.05) is 29.5 Å². The van der Waals surface area contributed by atoms with Gasteiger partial charge in [0.05, 0.1) is 12.0 Å². The molecular weight excluding hydrogens is 359 g/mol. The molecule has 0 aromatic carbocycles. The SMILES string of the molecule is CCC(I)C(=O)OC1CC2CC1C1(CCOC1=O)C2. The first-order valence-corrected chi connectivity index (χ1v) is 8.33. The highest BCUT2D eigenvalue weighted by Crippen LogP contribution is 2.60. The minimum Gasteiger partial charge on any atom is -0.465 e. The number of cyclic esters (lactones) is 1. The molecule has 19 heavy (non-hydrogen) atoms. The molecule has 0 aromatic rings. The van der Waals surface area contributed by atoms with Crippen LogP contribution in [0.4, 0.5) is 0 Å². The summed E-state index contributed by atoms with van der Waals surface area (Å²) >= 11 is 2.13. The van der Waals surface area contributed by atoms with E-state index in [4.69, 9.17) is 9.47 Å². The first kappa shape index (κ1) is 13.6. The number of rotatable bonds is 3. The molecule has 5 unspecified atom stereocenters. The summed E-state index contributed by atoms with van der Waals surface area (Å²) in [6, 6.07) is 0. The number of carbonyl (C=O) groups excluding carboxylic acids is 2. The fourth-order valence-corrected chi connectivity index (χ4v) is 4.28. The Morgan fingerprint density at radius 3 is 2.95 bits per heavy atom. The van der Waals surface area contributed by atoms with E-state index in [1.54, 1.807) is 0 Å². The normalized spacial score (nSPS) is 41.6. The number of hydrogen-bond acceptors (Lipinski definition) is 4. The Bertz CT molecular complexity index is 410. The summed E-state index contributed by atoms with van der Waals surface area (Å²) in [6.45, 7) is 2.52. The van der Waals surface area contributed by atoms with Crippen molar-refractivity contribution in [1.82, 2.24) is 0 Å². The lowest BCUT2D eigenvalue weighted by Gasteiger charge is -2.35. The van der Waals surface area contributed by atoms with Crippen molar-refractivity contribution in [3.8, 4) is 0 Å². The third-order valence-corrected chi connectivity index (χ3v) is 6.42. The van der Waals surface area contributed by atoms with Crippen LogP contribution in [0.1, 0.15) is 39.0 Å². The summed E-state index contributed by atoms with van der Waals surface area (Å²) in [5.74, 6) is 0.545. The Balaban J connectivity index is 1.72. The zero-order valence-electron chi connectivity index (χ0n) is 11.1. The molecule has 1 aliphatic heterocycles. The molecule has 5 heteroatoms. The lowest BCUT2D eigenvalue weighted by molar-refractivity contribution is -0.161. The predicted molar refractivity (Wildman–Crippen MR) is 76.8 cm³/mol. The monoisotopic (exact) mass is 378 g/mol. The standard InChI is InChI=1S/C14H19IO4/c1-2-10(15)12(16)19-11-6-8-5-9(11)14(7-8)3-4-18-13(14)17/h8-11H,2-7H2,1H3. The van der Waals surface area contributed by atoms with Crippen molar-refractivity contribution in [2.24, 2.45) is 17.3 Å². The van der Waals surface area contributed by atoms with Crippen molar-refractivity contribution >= 4 is 34.5 Å². The molecule has 0 amide bonds. The molecule has 3 rings (SSSR count). The molecule has 4 nitrogen and oxygen atoms in total. The summed E-state index contributed by atoms with van der Waals surface area (Å²) in [5.41, 5.74) is -0.332. The highest BCUT2D eigenvalue weighted by molar-refractivity contribution is 14.1. The maximum absolute atomic E-state index is 12.0. The second kappa shape index (κ2) is 4.90. The van der Waals surface area contributed by atoms with Crippen LogP contribution in [0.2, 0.25) is 0 Å². The van der Waals surface area contributed by atoms with Crippen molar-refractivity contribution in [1.29, 1.82) is 0 Å². The average Bonchev–Trinajstić information content (AvgIpc) is 3.05. The van der Waals surface area contributed by atoms with Crippen LogP contribution < -0.4 is 0 Å². The predicted octanol–water partition coefficient (Wildman–Crippen LogP) is 2.48. The molecule has 0 N–H and O–H groups in total. The van der Waals surface area contributed by atoms with Crippen LogP contribution in [0.3, 0.4) is 0 Å². The second-order valence-corrected chi connectivity index (χ2v) is 7.54. The van der Waals surface area contributed by atoms with Crippen molar-refractivity contribution < 1.29 is 19.1 Å². The van der Waals surface area contributed by atoms with Crippen LogP contribution in [0.15, 0.2) is 0 Å².